The fraction of sp³-hybridized carbons (Fsp3) is 0.867. The molecule has 3 fully saturated rings. The number of aliphatic carboxylic acids is 1. The summed E-state index contributed by atoms with van der Waals surface area (Å²) in [4.78, 5) is 23.8. The van der Waals surface area contributed by atoms with E-state index in [0.717, 1.165) is 38.6 Å². The Morgan fingerprint density at radius 2 is 1.90 bits per heavy atom. The lowest BCUT2D eigenvalue weighted by molar-refractivity contribution is -0.144. The SMILES string of the molecule is CC1CCNC(C(=O)NC2C3CCC(C3)C2C(=O)O)C1. The van der Waals surface area contributed by atoms with Gasteiger partial charge in [-0.2, -0.15) is 0 Å². The van der Waals surface area contributed by atoms with E-state index in [2.05, 4.69) is 17.6 Å². The molecule has 3 rings (SSSR count). The van der Waals surface area contributed by atoms with Gasteiger partial charge in [0.2, 0.25) is 5.91 Å². The number of piperidine rings is 1. The molecule has 0 spiro atoms. The summed E-state index contributed by atoms with van der Waals surface area (Å²) in [6, 6.07) is -0.301. The number of carbonyl (C=O) groups is 2. The maximum atomic E-state index is 12.4. The van der Waals surface area contributed by atoms with Crippen LogP contribution >= 0.6 is 0 Å². The summed E-state index contributed by atoms with van der Waals surface area (Å²) < 4.78 is 0. The normalized spacial score (nSPS) is 43.5. The standard InChI is InChI=1S/C15H24N2O3/c1-8-4-5-16-11(6-8)14(18)17-13-10-3-2-9(7-10)12(13)15(19)20/h8-13,16H,2-7H2,1H3,(H,17,18)(H,19,20). The van der Waals surface area contributed by atoms with Crippen molar-refractivity contribution in [3.05, 3.63) is 0 Å². The van der Waals surface area contributed by atoms with Crippen LogP contribution < -0.4 is 10.6 Å². The highest BCUT2D eigenvalue weighted by molar-refractivity contribution is 5.83. The number of hydrogen-bond acceptors (Lipinski definition) is 3. The van der Waals surface area contributed by atoms with E-state index in [0.29, 0.717) is 11.8 Å². The van der Waals surface area contributed by atoms with Crippen molar-refractivity contribution in [1.82, 2.24) is 10.6 Å². The molecule has 0 aromatic rings. The Bertz CT molecular complexity index is 412. The van der Waals surface area contributed by atoms with E-state index in [4.69, 9.17) is 0 Å². The summed E-state index contributed by atoms with van der Waals surface area (Å²) in [6.07, 6.45) is 5.00. The smallest absolute Gasteiger partial charge is 0.308 e. The summed E-state index contributed by atoms with van der Waals surface area (Å²) in [5, 5.41) is 15.7. The molecule has 1 amide bonds. The monoisotopic (exact) mass is 280 g/mol. The highest BCUT2D eigenvalue weighted by atomic mass is 16.4. The van der Waals surface area contributed by atoms with Crippen LogP contribution in [0.15, 0.2) is 0 Å². The quantitative estimate of drug-likeness (QED) is 0.720. The van der Waals surface area contributed by atoms with Gasteiger partial charge in [0, 0.05) is 6.04 Å². The zero-order valence-electron chi connectivity index (χ0n) is 12.0. The van der Waals surface area contributed by atoms with Crippen molar-refractivity contribution in [2.75, 3.05) is 6.54 Å². The van der Waals surface area contributed by atoms with Gasteiger partial charge in [0.05, 0.1) is 12.0 Å². The van der Waals surface area contributed by atoms with Crippen LogP contribution in [-0.4, -0.2) is 35.6 Å². The van der Waals surface area contributed by atoms with Crippen molar-refractivity contribution in [2.45, 2.75) is 51.1 Å². The number of fused-ring (bicyclic) bond motifs is 2. The predicted molar refractivity (Wildman–Crippen MR) is 74.1 cm³/mol. The molecule has 2 aliphatic carbocycles. The maximum Gasteiger partial charge on any atom is 0.308 e. The van der Waals surface area contributed by atoms with Crippen LogP contribution in [0.3, 0.4) is 0 Å². The Labute approximate surface area is 119 Å². The fourth-order valence-electron chi connectivity index (χ4n) is 4.43. The molecule has 0 radical (unpaired) electrons. The minimum absolute atomic E-state index is 0.000324. The van der Waals surface area contributed by atoms with Crippen molar-refractivity contribution in [2.24, 2.45) is 23.7 Å². The van der Waals surface area contributed by atoms with Crippen LogP contribution in [0.2, 0.25) is 0 Å². The number of nitrogens with one attached hydrogen (secondary N) is 2. The minimum Gasteiger partial charge on any atom is -0.481 e. The van der Waals surface area contributed by atoms with Crippen LogP contribution in [0.4, 0.5) is 0 Å². The summed E-state index contributed by atoms with van der Waals surface area (Å²) in [7, 11) is 0. The zero-order chi connectivity index (χ0) is 14.3. The van der Waals surface area contributed by atoms with Gasteiger partial charge in [-0.3, -0.25) is 9.59 Å². The van der Waals surface area contributed by atoms with Gasteiger partial charge < -0.3 is 15.7 Å². The fourth-order valence-corrected chi connectivity index (χ4v) is 4.43. The Kier molecular flexibility index (Phi) is 3.71. The molecule has 112 valence electrons. The Hall–Kier alpha value is -1.10. The van der Waals surface area contributed by atoms with Gasteiger partial charge in [-0.25, -0.2) is 0 Å². The highest BCUT2D eigenvalue weighted by Crippen LogP contribution is 2.48. The van der Waals surface area contributed by atoms with Gasteiger partial charge in [0.25, 0.3) is 0 Å². The van der Waals surface area contributed by atoms with E-state index < -0.39 is 5.97 Å². The number of amides is 1. The van der Waals surface area contributed by atoms with Crippen LogP contribution in [0.5, 0.6) is 0 Å². The molecule has 5 nitrogen and oxygen atoms in total. The largest absolute Gasteiger partial charge is 0.481 e. The van der Waals surface area contributed by atoms with Gasteiger partial charge >= 0.3 is 5.97 Å². The second-order valence-corrected chi connectivity index (χ2v) is 6.87. The third-order valence-electron chi connectivity index (χ3n) is 5.49. The van der Waals surface area contributed by atoms with Crippen molar-refractivity contribution in [1.29, 1.82) is 0 Å². The van der Waals surface area contributed by atoms with E-state index in [9.17, 15) is 14.7 Å². The summed E-state index contributed by atoms with van der Waals surface area (Å²) in [5.74, 6) is 0.0703. The minimum atomic E-state index is -0.743. The Balaban J connectivity index is 1.64. The molecule has 1 heterocycles. The first-order valence-electron chi connectivity index (χ1n) is 7.83. The van der Waals surface area contributed by atoms with Gasteiger partial charge in [0.15, 0.2) is 0 Å². The van der Waals surface area contributed by atoms with Crippen molar-refractivity contribution >= 4 is 11.9 Å². The predicted octanol–water partition coefficient (Wildman–Crippen LogP) is 0.990. The van der Waals surface area contributed by atoms with Crippen LogP contribution in [-0.2, 0) is 9.59 Å². The summed E-state index contributed by atoms with van der Waals surface area (Å²) in [5.41, 5.74) is 0. The number of carbonyl (C=O) groups excluding carboxylic acids is 1. The molecular weight excluding hydrogens is 256 g/mol. The van der Waals surface area contributed by atoms with Gasteiger partial charge in [-0.1, -0.05) is 6.92 Å². The van der Waals surface area contributed by atoms with Crippen LogP contribution in [0, 0.1) is 23.7 Å². The first-order valence-corrected chi connectivity index (χ1v) is 7.83. The van der Waals surface area contributed by atoms with Crippen molar-refractivity contribution < 1.29 is 14.7 Å². The topological polar surface area (TPSA) is 78.4 Å². The molecule has 0 aromatic carbocycles. The second kappa shape index (κ2) is 5.35. The second-order valence-electron chi connectivity index (χ2n) is 6.87. The third-order valence-corrected chi connectivity index (χ3v) is 5.49. The molecule has 2 saturated carbocycles. The lowest BCUT2D eigenvalue weighted by Crippen LogP contribution is -2.54. The third kappa shape index (κ3) is 2.43. The average Bonchev–Trinajstić information content (AvgIpc) is 2.99. The first kappa shape index (κ1) is 13.9. The van der Waals surface area contributed by atoms with E-state index in [1.165, 1.54) is 0 Å². The highest BCUT2D eigenvalue weighted by Gasteiger charge is 2.51. The number of carboxylic acids is 1. The molecule has 1 saturated heterocycles. The zero-order valence-corrected chi connectivity index (χ0v) is 12.0. The van der Waals surface area contributed by atoms with Gasteiger partial charge in [-0.15, -0.1) is 0 Å². The van der Waals surface area contributed by atoms with Gasteiger partial charge in [0.1, 0.15) is 0 Å². The van der Waals surface area contributed by atoms with Crippen molar-refractivity contribution in [3.8, 4) is 0 Å². The molecule has 20 heavy (non-hydrogen) atoms. The number of hydrogen-bond donors (Lipinski definition) is 3. The van der Waals surface area contributed by atoms with E-state index in [1.807, 2.05) is 0 Å². The molecule has 2 bridgehead atoms. The van der Waals surface area contributed by atoms with Crippen LogP contribution in [0.25, 0.3) is 0 Å². The number of carboxylic acid groups (broad SMARTS) is 1. The summed E-state index contributed by atoms with van der Waals surface area (Å²) in [6.45, 7) is 3.04. The number of rotatable bonds is 3. The first-order chi connectivity index (χ1) is 9.56. The van der Waals surface area contributed by atoms with Crippen molar-refractivity contribution in [3.63, 3.8) is 0 Å². The molecule has 3 N–H and O–H groups in total. The molecule has 1 aliphatic heterocycles. The summed E-state index contributed by atoms with van der Waals surface area (Å²) >= 11 is 0. The molecule has 6 unspecified atom stereocenters. The van der Waals surface area contributed by atoms with Gasteiger partial charge in [-0.05, 0) is 56.4 Å². The molecule has 5 heteroatoms. The Morgan fingerprint density at radius 1 is 1.15 bits per heavy atom. The van der Waals surface area contributed by atoms with E-state index in [-0.39, 0.29) is 29.8 Å². The van der Waals surface area contributed by atoms with Crippen LogP contribution in [0.1, 0.15) is 39.0 Å². The average molecular weight is 280 g/mol. The molecule has 6 atom stereocenters. The van der Waals surface area contributed by atoms with E-state index >= 15 is 0 Å². The lowest BCUT2D eigenvalue weighted by atomic mass is 9.84. The van der Waals surface area contributed by atoms with E-state index in [1.54, 1.807) is 0 Å². The lowest BCUT2D eigenvalue weighted by Gasteiger charge is -2.32. The molecule has 3 aliphatic rings. The Morgan fingerprint density at radius 3 is 2.60 bits per heavy atom. The molecule has 0 aromatic heterocycles. The maximum absolute atomic E-state index is 12.4. The molecular formula is C15H24N2O3.